The highest BCUT2D eigenvalue weighted by Crippen LogP contribution is 2.26. The second-order valence-electron chi connectivity index (χ2n) is 4.11. The quantitative estimate of drug-likeness (QED) is 0.662. The van der Waals surface area contributed by atoms with E-state index in [0.717, 1.165) is 6.07 Å². The van der Waals surface area contributed by atoms with Gasteiger partial charge in [-0.1, -0.05) is 13.8 Å². The van der Waals surface area contributed by atoms with Gasteiger partial charge >= 0.3 is 0 Å². The molecule has 0 atom stereocenters. The first-order valence-electron chi connectivity index (χ1n) is 6.45. The van der Waals surface area contributed by atoms with Gasteiger partial charge in [-0.25, -0.2) is 4.39 Å². The number of halogens is 1. The van der Waals surface area contributed by atoms with E-state index >= 15 is 0 Å². The third kappa shape index (κ3) is 3.89. The third-order valence-corrected chi connectivity index (χ3v) is 2.95. The van der Waals surface area contributed by atoms with E-state index < -0.39 is 10.7 Å². The third-order valence-electron chi connectivity index (χ3n) is 2.95. The minimum Gasteiger partial charge on any atom is -0.393 e. The Balaban J connectivity index is 0.000000861. The van der Waals surface area contributed by atoms with E-state index in [0.29, 0.717) is 31.6 Å². The molecule has 1 aliphatic heterocycles. The number of benzene rings is 1. The molecule has 0 radical (unpaired) electrons. The molecule has 1 aromatic rings. The summed E-state index contributed by atoms with van der Waals surface area (Å²) < 4.78 is 13.7. The zero-order chi connectivity index (χ0) is 14.4. The van der Waals surface area contributed by atoms with Gasteiger partial charge < -0.3 is 10.0 Å². The molecule has 106 valence electrons. The summed E-state index contributed by atoms with van der Waals surface area (Å²) in [5, 5.41) is 19.8. The maximum absolute atomic E-state index is 13.7. The molecule has 0 spiro atoms. The van der Waals surface area contributed by atoms with Crippen molar-refractivity contribution in [1.82, 2.24) is 0 Å². The number of piperidine rings is 1. The summed E-state index contributed by atoms with van der Waals surface area (Å²) in [6, 6.07) is 3.65. The van der Waals surface area contributed by atoms with Gasteiger partial charge in [-0.15, -0.1) is 0 Å². The fourth-order valence-electron chi connectivity index (χ4n) is 1.97. The lowest BCUT2D eigenvalue weighted by atomic mass is 10.1. The molecular formula is C13H19FN2O3. The molecule has 0 aliphatic carbocycles. The number of nitro benzene ring substituents is 1. The first kappa shape index (κ1) is 15.4. The first-order chi connectivity index (χ1) is 9.08. The number of anilines is 1. The van der Waals surface area contributed by atoms with Gasteiger partial charge in [0.25, 0.3) is 5.69 Å². The molecule has 2 rings (SSSR count). The van der Waals surface area contributed by atoms with Gasteiger partial charge in [0.2, 0.25) is 0 Å². The molecule has 1 saturated heterocycles. The van der Waals surface area contributed by atoms with Crippen molar-refractivity contribution in [3.05, 3.63) is 34.1 Å². The van der Waals surface area contributed by atoms with Crippen LogP contribution in [0.1, 0.15) is 26.7 Å². The zero-order valence-corrected chi connectivity index (χ0v) is 11.2. The van der Waals surface area contributed by atoms with Gasteiger partial charge in [-0.2, -0.15) is 0 Å². The molecule has 0 aromatic heterocycles. The van der Waals surface area contributed by atoms with Crippen LogP contribution < -0.4 is 4.90 Å². The number of aliphatic hydroxyl groups is 1. The molecule has 0 bridgehead atoms. The Morgan fingerprint density at radius 1 is 1.37 bits per heavy atom. The van der Waals surface area contributed by atoms with Crippen molar-refractivity contribution in [2.24, 2.45) is 0 Å². The average molecular weight is 270 g/mol. The largest absolute Gasteiger partial charge is 0.393 e. The van der Waals surface area contributed by atoms with Crippen LogP contribution in [-0.4, -0.2) is 29.2 Å². The summed E-state index contributed by atoms with van der Waals surface area (Å²) in [6.07, 6.45) is 0.861. The Labute approximate surface area is 111 Å². The van der Waals surface area contributed by atoms with Gasteiger partial charge in [0, 0.05) is 19.2 Å². The minimum atomic E-state index is -0.618. The second-order valence-corrected chi connectivity index (χ2v) is 4.11. The van der Waals surface area contributed by atoms with Gasteiger partial charge in [0.1, 0.15) is 0 Å². The monoisotopic (exact) mass is 270 g/mol. The van der Waals surface area contributed by atoms with Crippen LogP contribution in [0.2, 0.25) is 0 Å². The summed E-state index contributed by atoms with van der Waals surface area (Å²) in [4.78, 5) is 11.7. The zero-order valence-electron chi connectivity index (χ0n) is 11.2. The van der Waals surface area contributed by atoms with Crippen molar-refractivity contribution in [2.75, 3.05) is 18.0 Å². The highest BCUT2D eigenvalue weighted by molar-refractivity contribution is 5.52. The van der Waals surface area contributed by atoms with Crippen molar-refractivity contribution in [1.29, 1.82) is 0 Å². The molecule has 5 nitrogen and oxygen atoms in total. The minimum absolute atomic E-state index is 0.247. The van der Waals surface area contributed by atoms with Crippen LogP contribution in [0.3, 0.4) is 0 Å². The lowest BCUT2D eigenvalue weighted by Gasteiger charge is -2.31. The van der Waals surface area contributed by atoms with E-state index in [2.05, 4.69) is 0 Å². The molecule has 1 aliphatic rings. The maximum Gasteiger partial charge on any atom is 0.272 e. The lowest BCUT2D eigenvalue weighted by molar-refractivity contribution is -0.385. The van der Waals surface area contributed by atoms with Gasteiger partial charge in [0.15, 0.2) is 5.82 Å². The Morgan fingerprint density at radius 2 is 1.95 bits per heavy atom. The van der Waals surface area contributed by atoms with Crippen molar-refractivity contribution in [2.45, 2.75) is 32.8 Å². The van der Waals surface area contributed by atoms with Crippen molar-refractivity contribution >= 4 is 11.4 Å². The maximum atomic E-state index is 13.7. The molecule has 0 unspecified atom stereocenters. The van der Waals surface area contributed by atoms with Crippen LogP contribution >= 0.6 is 0 Å². The van der Waals surface area contributed by atoms with E-state index in [-0.39, 0.29) is 11.8 Å². The summed E-state index contributed by atoms with van der Waals surface area (Å²) in [7, 11) is 0. The van der Waals surface area contributed by atoms with Crippen molar-refractivity contribution in [3.63, 3.8) is 0 Å². The molecule has 0 saturated carbocycles. The van der Waals surface area contributed by atoms with Crippen LogP contribution in [0.25, 0.3) is 0 Å². The Bertz CT molecular complexity index is 432. The van der Waals surface area contributed by atoms with Crippen LogP contribution in [0.15, 0.2) is 18.2 Å². The molecule has 1 N–H and O–H groups in total. The lowest BCUT2D eigenvalue weighted by Crippen LogP contribution is -2.36. The summed E-state index contributed by atoms with van der Waals surface area (Å²) in [6.45, 7) is 5.13. The van der Waals surface area contributed by atoms with E-state index in [9.17, 15) is 19.6 Å². The van der Waals surface area contributed by atoms with Crippen LogP contribution in [0, 0.1) is 15.9 Å². The number of nitro groups is 1. The molecule has 0 amide bonds. The molecule has 19 heavy (non-hydrogen) atoms. The van der Waals surface area contributed by atoms with E-state index in [1.165, 1.54) is 12.1 Å². The highest BCUT2D eigenvalue weighted by atomic mass is 19.1. The topological polar surface area (TPSA) is 66.6 Å². The Hall–Kier alpha value is -1.69. The summed E-state index contributed by atoms with van der Waals surface area (Å²) in [5.41, 5.74) is 0.116. The number of aliphatic hydroxyl groups excluding tert-OH is 1. The smallest absolute Gasteiger partial charge is 0.272 e. The SMILES string of the molecule is CC.O=[N+]([O-])c1ccc(N2CCC(O)CC2)c(F)c1. The van der Waals surface area contributed by atoms with Crippen molar-refractivity contribution in [3.8, 4) is 0 Å². The van der Waals surface area contributed by atoms with Gasteiger partial charge in [0.05, 0.1) is 22.8 Å². The fraction of sp³-hybridized carbons (Fsp3) is 0.538. The number of hydrogen-bond acceptors (Lipinski definition) is 4. The van der Waals surface area contributed by atoms with E-state index in [1.807, 2.05) is 13.8 Å². The second kappa shape index (κ2) is 7.04. The number of hydrogen-bond donors (Lipinski definition) is 1. The molecule has 1 heterocycles. The fourth-order valence-corrected chi connectivity index (χ4v) is 1.97. The number of rotatable bonds is 2. The van der Waals surface area contributed by atoms with E-state index in [1.54, 1.807) is 4.90 Å². The molecule has 1 fully saturated rings. The van der Waals surface area contributed by atoms with Crippen molar-refractivity contribution < 1.29 is 14.4 Å². The van der Waals surface area contributed by atoms with Gasteiger partial charge in [-0.05, 0) is 18.9 Å². The standard InChI is InChI=1S/C11H13FN2O3.C2H6/c12-10-7-8(14(16)17)1-2-11(10)13-5-3-9(15)4-6-13;1-2/h1-2,7,9,15H,3-6H2;1-2H3. The highest BCUT2D eigenvalue weighted by Gasteiger charge is 2.21. The Morgan fingerprint density at radius 3 is 2.42 bits per heavy atom. The average Bonchev–Trinajstić information content (AvgIpc) is 2.42. The van der Waals surface area contributed by atoms with Crippen LogP contribution in [-0.2, 0) is 0 Å². The number of non-ortho nitro benzene ring substituents is 1. The molecule has 6 heteroatoms. The molecule has 1 aromatic carbocycles. The number of nitrogens with zero attached hydrogens (tertiary/aromatic N) is 2. The normalized spacial score (nSPS) is 15.7. The van der Waals surface area contributed by atoms with Crippen LogP contribution in [0.5, 0.6) is 0 Å². The van der Waals surface area contributed by atoms with Gasteiger partial charge in [-0.3, -0.25) is 10.1 Å². The Kier molecular flexibility index (Phi) is 5.69. The predicted molar refractivity (Wildman–Crippen MR) is 71.9 cm³/mol. The summed E-state index contributed by atoms with van der Waals surface area (Å²) >= 11 is 0. The van der Waals surface area contributed by atoms with E-state index in [4.69, 9.17) is 0 Å². The molecular weight excluding hydrogens is 251 g/mol. The summed E-state index contributed by atoms with van der Waals surface area (Å²) in [5.74, 6) is -0.587. The van der Waals surface area contributed by atoms with Crippen LogP contribution in [0.4, 0.5) is 15.8 Å². The predicted octanol–water partition coefficient (Wildman–Crippen LogP) is 2.72. The first-order valence-corrected chi connectivity index (χ1v) is 6.45.